The number of hydrogen-bond acceptors (Lipinski definition) is 1. The van der Waals surface area contributed by atoms with Crippen molar-refractivity contribution in [3.05, 3.63) is 34.9 Å². The highest BCUT2D eigenvalue weighted by Crippen LogP contribution is 2.49. The number of aryl methyl sites for hydroxylation is 1. The molecule has 0 radical (unpaired) electrons. The number of benzene rings is 1. The van der Waals surface area contributed by atoms with Crippen molar-refractivity contribution >= 4 is 0 Å². The minimum absolute atomic E-state index is 0.0875. The van der Waals surface area contributed by atoms with E-state index in [1.807, 2.05) is 13.8 Å². The summed E-state index contributed by atoms with van der Waals surface area (Å²) < 4.78 is 25.8. The number of fused-ring (bicyclic) bond motifs is 1. The van der Waals surface area contributed by atoms with Crippen molar-refractivity contribution in [1.82, 2.24) is 4.90 Å². The molecule has 1 aliphatic heterocycles. The predicted octanol–water partition coefficient (Wildman–Crippen LogP) is 4.03. The lowest BCUT2D eigenvalue weighted by Gasteiger charge is -2.29. The van der Waals surface area contributed by atoms with Gasteiger partial charge in [0.15, 0.2) is 0 Å². The number of halogens is 2. The second kappa shape index (κ2) is 5.58. The number of alkyl halides is 2. The third-order valence-corrected chi connectivity index (χ3v) is 3.89. The Bertz CT molecular complexity index is 442. The molecule has 2 aliphatic rings. The lowest BCUT2D eigenvalue weighted by atomic mass is 9.97. The summed E-state index contributed by atoms with van der Waals surface area (Å²) in [5, 5.41) is 0. The zero-order chi connectivity index (χ0) is 14.0. The molecule has 1 unspecified atom stereocenters. The number of hydrogen-bond donors (Lipinski definition) is 0. The van der Waals surface area contributed by atoms with Crippen LogP contribution in [0.25, 0.3) is 0 Å². The highest BCUT2D eigenvalue weighted by atomic mass is 19.3. The van der Waals surface area contributed by atoms with E-state index in [-0.39, 0.29) is 6.42 Å². The molecule has 0 bridgehead atoms. The van der Waals surface area contributed by atoms with Crippen molar-refractivity contribution in [3.8, 4) is 0 Å². The van der Waals surface area contributed by atoms with Gasteiger partial charge >= 0.3 is 0 Å². The van der Waals surface area contributed by atoms with Crippen molar-refractivity contribution in [2.24, 2.45) is 5.92 Å². The molecule has 0 aromatic heterocycles. The fraction of sp³-hybridized carbons (Fsp3) is 0.625. The lowest BCUT2D eigenvalue weighted by Crippen LogP contribution is -2.33. The first-order valence-electron chi connectivity index (χ1n) is 7.23. The molecule has 106 valence electrons. The Hall–Kier alpha value is -0.960. The molecule has 1 aliphatic carbocycles. The van der Waals surface area contributed by atoms with Crippen LogP contribution in [0.4, 0.5) is 8.78 Å². The van der Waals surface area contributed by atoms with E-state index < -0.39 is 11.8 Å². The van der Waals surface area contributed by atoms with Crippen LogP contribution in [-0.2, 0) is 13.0 Å². The number of rotatable bonds is 2. The van der Waals surface area contributed by atoms with E-state index in [9.17, 15) is 8.78 Å². The fourth-order valence-electron chi connectivity index (χ4n) is 2.68. The fourth-order valence-corrected chi connectivity index (χ4v) is 2.68. The summed E-state index contributed by atoms with van der Waals surface area (Å²) >= 11 is 0. The van der Waals surface area contributed by atoms with Gasteiger partial charge in [-0.15, -0.1) is 0 Å². The summed E-state index contributed by atoms with van der Waals surface area (Å²) in [6.07, 6.45) is 1.08. The van der Waals surface area contributed by atoms with Crippen molar-refractivity contribution in [1.29, 1.82) is 0 Å². The molecule has 0 saturated heterocycles. The summed E-state index contributed by atoms with van der Waals surface area (Å²) in [4.78, 5) is 2.17. The average molecular weight is 267 g/mol. The van der Waals surface area contributed by atoms with Crippen molar-refractivity contribution < 1.29 is 8.78 Å². The standard InChI is InChI=1S/C14H17F2N.C2H6/c1-10-2-3-11-4-5-17(8-12(11)6-10)9-13-7-14(13,15)16;1-2/h2-3,6,13H,4-5,7-9H2,1H3;1-2H3. The smallest absolute Gasteiger partial charge is 0.252 e. The largest absolute Gasteiger partial charge is 0.298 e. The summed E-state index contributed by atoms with van der Waals surface area (Å²) in [5.74, 6) is -2.78. The molecule has 3 heteroatoms. The van der Waals surface area contributed by atoms with Gasteiger partial charge in [-0.05, 0) is 24.5 Å². The van der Waals surface area contributed by atoms with Crippen LogP contribution in [0, 0.1) is 12.8 Å². The molecule has 1 fully saturated rings. The Kier molecular flexibility index (Phi) is 4.24. The Morgan fingerprint density at radius 3 is 2.58 bits per heavy atom. The first-order chi connectivity index (χ1) is 9.04. The van der Waals surface area contributed by atoms with Gasteiger partial charge in [-0.1, -0.05) is 37.6 Å². The molecular formula is C16H23F2N. The van der Waals surface area contributed by atoms with Crippen LogP contribution in [0.2, 0.25) is 0 Å². The van der Waals surface area contributed by atoms with Crippen LogP contribution in [0.5, 0.6) is 0 Å². The Labute approximate surface area is 114 Å². The molecule has 1 nitrogen and oxygen atoms in total. The van der Waals surface area contributed by atoms with Gasteiger partial charge in [-0.2, -0.15) is 0 Å². The molecule has 1 saturated carbocycles. The maximum atomic E-state index is 12.9. The van der Waals surface area contributed by atoms with Gasteiger partial charge in [0.1, 0.15) is 0 Å². The predicted molar refractivity (Wildman–Crippen MR) is 74.6 cm³/mol. The maximum absolute atomic E-state index is 12.9. The summed E-state index contributed by atoms with van der Waals surface area (Å²) in [7, 11) is 0. The normalized spacial score (nSPS) is 24.2. The zero-order valence-electron chi connectivity index (χ0n) is 12.0. The van der Waals surface area contributed by atoms with E-state index in [1.165, 1.54) is 16.7 Å². The molecule has 1 aromatic carbocycles. The van der Waals surface area contributed by atoms with Crippen LogP contribution in [0.15, 0.2) is 18.2 Å². The second-order valence-electron chi connectivity index (χ2n) is 5.42. The molecule has 0 N–H and O–H groups in total. The van der Waals surface area contributed by atoms with Gasteiger partial charge in [-0.3, -0.25) is 4.90 Å². The third kappa shape index (κ3) is 3.33. The minimum Gasteiger partial charge on any atom is -0.298 e. The van der Waals surface area contributed by atoms with Gasteiger partial charge in [0.25, 0.3) is 5.92 Å². The van der Waals surface area contributed by atoms with E-state index in [1.54, 1.807) is 0 Å². The third-order valence-electron chi connectivity index (χ3n) is 3.89. The molecule has 1 aromatic rings. The monoisotopic (exact) mass is 267 g/mol. The molecule has 3 rings (SSSR count). The molecule has 0 amide bonds. The first kappa shape index (κ1) is 14.4. The van der Waals surface area contributed by atoms with Gasteiger partial charge in [-0.25, -0.2) is 8.78 Å². The van der Waals surface area contributed by atoms with E-state index in [0.29, 0.717) is 6.54 Å². The molecular weight excluding hydrogens is 244 g/mol. The van der Waals surface area contributed by atoms with E-state index in [2.05, 4.69) is 30.0 Å². The van der Waals surface area contributed by atoms with E-state index >= 15 is 0 Å². The zero-order valence-corrected chi connectivity index (χ0v) is 12.0. The van der Waals surface area contributed by atoms with Gasteiger partial charge in [0, 0.05) is 32.0 Å². The SMILES string of the molecule is CC.Cc1ccc2c(c1)CN(CC1CC1(F)F)CC2. The van der Waals surface area contributed by atoms with Crippen LogP contribution in [0.1, 0.15) is 37.0 Å². The Morgan fingerprint density at radius 1 is 1.26 bits per heavy atom. The second-order valence-corrected chi connectivity index (χ2v) is 5.42. The Morgan fingerprint density at radius 2 is 1.95 bits per heavy atom. The summed E-state index contributed by atoms with van der Waals surface area (Å²) in [6, 6.07) is 6.49. The first-order valence-corrected chi connectivity index (χ1v) is 7.23. The minimum atomic E-state index is -2.38. The quantitative estimate of drug-likeness (QED) is 0.782. The summed E-state index contributed by atoms with van der Waals surface area (Å²) in [5.41, 5.74) is 3.96. The highest BCUT2D eigenvalue weighted by Gasteiger charge is 2.56. The van der Waals surface area contributed by atoms with Gasteiger partial charge in [0.2, 0.25) is 0 Å². The molecule has 19 heavy (non-hydrogen) atoms. The van der Waals surface area contributed by atoms with E-state index in [4.69, 9.17) is 0 Å². The molecule has 0 spiro atoms. The van der Waals surface area contributed by atoms with Crippen molar-refractivity contribution in [3.63, 3.8) is 0 Å². The van der Waals surface area contributed by atoms with Gasteiger partial charge in [0.05, 0.1) is 0 Å². The van der Waals surface area contributed by atoms with Gasteiger partial charge < -0.3 is 0 Å². The van der Waals surface area contributed by atoms with Crippen LogP contribution < -0.4 is 0 Å². The Balaban J connectivity index is 0.000000637. The molecule has 1 heterocycles. The summed E-state index contributed by atoms with van der Waals surface area (Å²) in [6.45, 7) is 8.39. The maximum Gasteiger partial charge on any atom is 0.252 e. The molecule has 1 atom stereocenters. The van der Waals surface area contributed by atoms with E-state index in [0.717, 1.165) is 19.5 Å². The lowest BCUT2D eigenvalue weighted by molar-refractivity contribution is 0.0853. The average Bonchev–Trinajstić information content (AvgIpc) is 2.98. The van der Waals surface area contributed by atoms with Crippen molar-refractivity contribution in [2.75, 3.05) is 13.1 Å². The highest BCUT2D eigenvalue weighted by molar-refractivity contribution is 5.33. The topological polar surface area (TPSA) is 3.24 Å². The number of nitrogens with zero attached hydrogens (tertiary/aromatic N) is 1. The van der Waals surface area contributed by atoms with Crippen LogP contribution >= 0.6 is 0 Å². The van der Waals surface area contributed by atoms with Crippen LogP contribution in [0.3, 0.4) is 0 Å². The van der Waals surface area contributed by atoms with Crippen molar-refractivity contribution in [2.45, 2.75) is 46.1 Å². The van der Waals surface area contributed by atoms with Crippen LogP contribution in [-0.4, -0.2) is 23.9 Å².